The first kappa shape index (κ1) is 18.6. The summed E-state index contributed by atoms with van der Waals surface area (Å²) in [5.74, 6) is 2.22. The van der Waals surface area contributed by atoms with Gasteiger partial charge in [0.2, 0.25) is 0 Å². The number of fused-ring (bicyclic) bond motifs is 1. The average molecular weight is 422 g/mol. The summed E-state index contributed by atoms with van der Waals surface area (Å²) in [5, 5.41) is 2.09. The van der Waals surface area contributed by atoms with Crippen molar-refractivity contribution in [2.24, 2.45) is 22.7 Å². The van der Waals surface area contributed by atoms with Gasteiger partial charge in [-0.2, -0.15) is 0 Å². The first-order chi connectivity index (χ1) is 14.5. The highest BCUT2D eigenvalue weighted by molar-refractivity contribution is 7.07. The maximum Gasteiger partial charge on any atom is 0.261 e. The second-order valence-electron chi connectivity index (χ2n) is 9.75. The van der Waals surface area contributed by atoms with Crippen LogP contribution >= 0.6 is 11.3 Å². The van der Waals surface area contributed by atoms with Gasteiger partial charge in [-0.25, -0.2) is 0 Å². The maximum atomic E-state index is 12.8. The van der Waals surface area contributed by atoms with E-state index in [1.54, 1.807) is 23.5 Å². The molecular formula is C24H27N3O2S. The molecule has 1 aromatic heterocycles. The van der Waals surface area contributed by atoms with Gasteiger partial charge in [0.1, 0.15) is 0 Å². The second-order valence-corrected chi connectivity index (χ2v) is 10.6. The molecule has 5 aliphatic rings. The summed E-state index contributed by atoms with van der Waals surface area (Å²) in [6.07, 6.45) is 7.98. The molecule has 30 heavy (non-hydrogen) atoms. The lowest BCUT2D eigenvalue weighted by Crippen LogP contribution is -2.50. The fourth-order valence-corrected chi connectivity index (χ4v) is 7.93. The average Bonchev–Trinajstić information content (AvgIpc) is 3.20. The first-order valence-corrected chi connectivity index (χ1v) is 12.1. The van der Waals surface area contributed by atoms with Crippen LogP contribution in [0.25, 0.3) is 0 Å². The molecule has 4 fully saturated rings. The third-order valence-corrected chi connectivity index (χ3v) is 8.64. The molecule has 4 aliphatic carbocycles. The Morgan fingerprint density at radius 1 is 1.00 bits per heavy atom. The lowest BCUT2D eigenvalue weighted by molar-refractivity contribution is -0.000419. The fourth-order valence-electron chi connectivity index (χ4n) is 6.87. The number of nitrogens with zero attached hydrogens (tertiary/aromatic N) is 3. The van der Waals surface area contributed by atoms with Crippen LogP contribution < -0.4 is 4.80 Å². The van der Waals surface area contributed by atoms with Crippen LogP contribution in [-0.2, 0) is 13.1 Å². The van der Waals surface area contributed by atoms with E-state index in [1.165, 1.54) is 43.4 Å². The fraction of sp³-hybridized carbons (Fsp3) is 0.542. The van der Waals surface area contributed by atoms with Crippen molar-refractivity contribution in [1.82, 2.24) is 9.47 Å². The van der Waals surface area contributed by atoms with Crippen LogP contribution in [0.4, 0.5) is 0 Å². The van der Waals surface area contributed by atoms with E-state index in [2.05, 4.69) is 16.9 Å². The number of amides is 2. The van der Waals surface area contributed by atoms with E-state index < -0.39 is 0 Å². The van der Waals surface area contributed by atoms with Crippen LogP contribution in [0.1, 0.15) is 71.9 Å². The molecule has 5 nitrogen and oxygen atoms in total. The Kier molecular flexibility index (Phi) is 4.11. The molecular weight excluding hydrogens is 394 g/mol. The van der Waals surface area contributed by atoms with Crippen molar-refractivity contribution in [3.05, 3.63) is 51.3 Å². The third kappa shape index (κ3) is 2.76. The normalized spacial score (nSPS) is 32.4. The number of hydrogen-bond donors (Lipinski definition) is 0. The van der Waals surface area contributed by atoms with Gasteiger partial charge in [-0.1, -0.05) is 12.1 Å². The topological polar surface area (TPSA) is 54.7 Å². The summed E-state index contributed by atoms with van der Waals surface area (Å²) in [7, 11) is 0. The number of rotatable bonds is 4. The van der Waals surface area contributed by atoms with Gasteiger partial charge in [0.15, 0.2) is 4.80 Å². The summed E-state index contributed by atoms with van der Waals surface area (Å²) < 4.78 is 2.22. The highest BCUT2D eigenvalue weighted by Gasteiger charge is 2.51. The highest BCUT2D eigenvalue weighted by atomic mass is 32.1. The number of imide groups is 1. The highest BCUT2D eigenvalue weighted by Crippen LogP contribution is 2.57. The van der Waals surface area contributed by atoms with Crippen molar-refractivity contribution in [2.45, 2.75) is 64.1 Å². The van der Waals surface area contributed by atoms with Crippen LogP contribution in [0, 0.1) is 17.8 Å². The van der Waals surface area contributed by atoms with Crippen LogP contribution in [0.2, 0.25) is 0 Å². The van der Waals surface area contributed by atoms with Gasteiger partial charge in [-0.3, -0.25) is 19.5 Å². The molecule has 0 saturated heterocycles. The van der Waals surface area contributed by atoms with Crippen molar-refractivity contribution in [2.75, 3.05) is 0 Å². The van der Waals surface area contributed by atoms with Crippen LogP contribution in [0.15, 0.2) is 34.6 Å². The van der Waals surface area contributed by atoms with E-state index >= 15 is 0 Å². The van der Waals surface area contributed by atoms with Crippen LogP contribution in [0.5, 0.6) is 0 Å². The Morgan fingerprint density at radius 3 is 2.10 bits per heavy atom. The van der Waals surface area contributed by atoms with Gasteiger partial charge in [0.05, 0.1) is 28.9 Å². The Hall–Kier alpha value is -2.21. The summed E-state index contributed by atoms with van der Waals surface area (Å²) in [4.78, 5) is 33.4. The Morgan fingerprint density at radius 2 is 1.57 bits per heavy atom. The van der Waals surface area contributed by atoms with E-state index in [4.69, 9.17) is 4.99 Å². The Balaban J connectivity index is 1.32. The SMILES string of the molecule is CCn1c(CN2C(=O)c3ccccc3C2=O)csc1=NC12CC3CC(CC(C3)C1)C2. The van der Waals surface area contributed by atoms with E-state index in [1.807, 2.05) is 12.1 Å². The van der Waals surface area contributed by atoms with E-state index in [0.717, 1.165) is 34.8 Å². The monoisotopic (exact) mass is 421 g/mol. The Labute approximate surface area is 180 Å². The number of benzene rings is 1. The van der Waals surface area contributed by atoms with Gasteiger partial charge < -0.3 is 4.57 Å². The lowest BCUT2D eigenvalue weighted by Gasteiger charge is -2.54. The van der Waals surface area contributed by atoms with Crippen LogP contribution in [0.3, 0.4) is 0 Å². The number of carbonyl (C=O) groups is 2. The molecule has 156 valence electrons. The van der Waals surface area contributed by atoms with Crippen molar-refractivity contribution >= 4 is 23.2 Å². The molecule has 6 heteroatoms. The molecule has 2 aromatic rings. The Bertz CT molecular complexity index is 1040. The van der Waals surface area contributed by atoms with E-state index in [0.29, 0.717) is 17.7 Å². The van der Waals surface area contributed by atoms with Gasteiger partial charge in [-0.05, 0) is 75.3 Å². The van der Waals surface area contributed by atoms with Crippen molar-refractivity contribution in [3.8, 4) is 0 Å². The van der Waals surface area contributed by atoms with Gasteiger partial charge in [0.25, 0.3) is 11.8 Å². The molecule has 1 aliphatic heterocycles. The molecule has 4 bridgehead atoms. The van der Waals surface area contributed by atoms with Gasteiger partial charge >= 0.3 is 0 Å². The number of thiazole rings is 1. The zero-order valence-electron chi connectivity index (χ0n) is 17.3. The van der Waals surface area contributed by atoms with Gasteiger partial charge in [-0.15, -0.1) is 11.3 Å². The molecule has 0 unspecified atom stereocenters. The van der Waals surface area contributed by atoms with E-state index in [9.17, 15) is 9.59 Å². The van der Waals surface area contributed by atoms with Crippen molar-refractivity contribution in [1.29, 1.82) is 0 Å². The third-order valence-electron chi connectivity index (χ3n) is 7.73. The summed E-state index contributed by atoms with van der Waals surface area (Å²) in [6.45, 7) is 3.23. The molecule has 4 saturated carbocycles. The van der Waals surface area contributed by atoms with Gasteiger partial charge in [0, 0.05) is 11.9 Å². The minimum Gasteiger partial charge on any atom is -0.320 e. The standard InChI is InChI=1S/C24H27N3O2S/c1-2-26-18(13-27-21(28)19-5-3-4-6-20(19)22(27)29)14-30-23(26)25-24-10-15-7-16(11-24)9-17(8-15)12-24/h3-6,14-17H,2,7-13H2,1H3. The molecule has 0 spiro atoms. The lowest BCUT2D eigenvalue weighted by atomic mass is 9.53. The quantitative estimate of drug-likeness (QED) is 0.694. The molecule has 0 atom stereocenters. The largest absolute Gasteiger partial charge is 0.320 e. The minimum absolute atomic E-state index is 0.128. The molecule has 1 aromatic carbocycles. The molecule has 2 heterocycles. The number of aromatic nitrogens is 1. The smallest absolute Gasteiger partial charge is 0.261 e. The first-order valence-electron chi connectivity index (χ1n) is 11.2. The number of carbonyl (C=O) groups excluding carboxylic acids is 2. The second kappa shape index (κ2) is 6.64. The minimum atomic E-state index is -0.191. The summed E-state index contributed by atoms with van der Waals surface area (Å²) in [5.41, 5.74) is 2.16. The van der Waals surface area contributed by atoms with Crippen LogP contribution in [-0.4, -0.2) is 26.8 Å². The summed E-state index contributed by atoms with van der Waals surface area (Å²) in [6, 6.07) is 7.11. The molecule has 0 radical (unpaired) electrons. The predicted octanol–water partition coefficient (Wildman–Crippen LogP) is 4.24. The summed E-state index contributed by atoms with van der Waals surface area (Å²) >= 11 is 1.67. The predicted molar refractivity (Wildman–Crippen MR) is 115 cm³/mol. The zero-order valence-corrected chi connectivity index (χ0v) is 18.2. The molecule has 7 rings (SSSR count). The molecule has 2 amide bonds. The van der Waals surface area contributed by atoms with E-state index in [-0.39, 0.29) is 17.4 Å². The number of hydrogen-bond acceptors (Lipinski definition) is 4. The molecule has 0 N–H and O–H groups in total. The van der Waals surface area contributed by atoms with Crippen molar-refractivity contribution < 1.29 is 9.59 Å². The van der Waals surface area contributed by atoms with Crippen molar-refractivity contribution in [3.63, 3.8) is 0 Å². The maximum absolute atomic E-state index is 12.8. The zero-order chi connectivity index (χ0) is 20.5.